The van der Waals surface area contributed by atoms with Gasteiger partial charge in [-0.05, 0) is 19.8 Å². The van der Waals surface area contributed by atoms with Crippen LogP contribution in [0.15, 0.2) is 4.52 Å². The molecule has 0 bridgehead atoms. The van der Waals surface area contributed by atoms with Gasteiger partial charge in [-0.1, -0.05) is 5.16 Å². The molecule has 2 N–H and O–H groups in total. The Hall–Kier alpha value is -0.990. The maximum Gasteiger partial charge on any atom is 0.234 e. The summed E-state index contributed by atoms with van der Waals surface area (Å²) in [5.41, 5.74) is 5.45. The number of rotatable bonds is 4. The molecule has 2 rings (SSSR count). The molecule has 1 aliphatic rings. The van der Waals surface area contributed by atoms with Gasteiger partial charge < -0.3 is 15.0 Å². The lowest BCUT2D eigenvalue weighted by atomic mass is 9.80. The van der Waals surface area contributed by atoms with Crippen LogP contribution < -0.4 is 5.73 Å². The Labute approximate surface area is 112 Å². The molecule has 108 valence electrons. The van der Waals surface area contributed by atoms with E-state index in [-0.39, 0.29) is 11.2 Å². The number of sulfone groups is 1. The van der Waals surface area contributed by atoms with E-state index in [0.29, 0.717) is 38.5 Å². The monoisotopic (exact) mass is 289 g/mol. The molecule has 1 aromatic heterocycles. The highest BCUT2D eigenvalue weighted by atomic mass is 32.2. The van der Waals surface area contributed by atoms with Gasteiger partial charge in [0.2, 0.25) is 5.89 Å². The molecule has 1 aliphatic heterocycles. The number of nitrogens with zero attached hydrogens (tertiary/aromatic N) is 2. The van der Waals surface area contributed by atoms with Gasteiger partial charge in [0.15, 0.2) is 15.7 Å². The number of nitrogens with two attached hydrogens (primary N) is 1. The highest BCUT2D eigenvalue weighted by molar-refractivity contribution is 7.90. The lowest BCUT2D eigenvalue weighted by Crippen LogP contribution is -2.41. The SMILES string of the molecule is CC(c1noc(C2(CN)CCOCC2)n1)S(C)(=O)=O. The Morgan fingerprint density at radius 2 is 2.05 bits per heavy atom. The van der Waals surface area contributed by atoms with Crippen LogP contribution in [0.4, 0.5) is 0 Å². The van der Waals surface area contributed by atoms with Crippen LogP contribution in [0.25, 0.3) is 0 Å². The minimum Gasteiger partial charge on any atom is -0.381 e. The first kappa shape index (κ1) is 14.4. The molecule has 0 saturated carbocycles. The molecule has 0 amide bonds. The first-order valence-electron chi connectivity index (χ1n) is 6.20. The molecule has 1 atom stereocenters. The Morgan fingerprint density at radius 1 is 1.42 bits per heavy atom. The van der Waals surface area contributed by atoms with Crippen molar-refractivity contribution in [3.8, 4) is 0 Å². The third-order valence-corrected chi connectivity index (χ3v) is 5.24. The summed E-state index contributed by atoms with van der Waals surface area (Å²) in [6.07, 6.45) is 2.57. The number of hydrogen-bond acceptors (Lipinski definition) is 7. The molecular formula is C11H19N3O4S. The van der Waals surface area contributed by atoms with Crippen LogP contribution in [0.5, 0.6) is 0 Å². The Balaban J connectivity index is 2.29. The van der Waals surface area contributed by atoms with Gasteiger partial charge in [-0.15, -0.1) is 0 Å². The summed E-state index contributed by atoms with van der Waals surface area (Å²) in [5.74, 6) is 0.612. The van der Waals surface area contributed by atoms with Crippen molar-refractivity contribution in [1.82, 2.24) is 10.1 Å². The quantitative estimate of drug-likeness (QED) is 0.842. The number of hydrogen-bond donors (Lipinski definition) is 1. The summed E-state index contributed by atoms with van der Waals surface area (Å²) in [6, 6.07) is 0. The smallest absolute Gasteiger partial charge is 0.234 e. The zero-order valence-corrected chi connectivity index (χ0v) is 11.9. The van der Waals surface area contributed by atoms with Gasteiger partial charge in [-0.2, -0.15) is 4.98 Å². The average molecular weight is 289 g/mol. The van der Waals surface area contributed by atoms with Crippen LogP contribution in [0.3, 0.4) is 0 Å². The van der Waals surface area contributed by atoms with Gasteiger partial charge in [-0.3, -0.25) is 0 Å². The largest absolute Gasteiger partial charge is 0.381 e. The summed E-state index contributed by atoms with van der Waals surface area (Å²) < 4.78 is 33.6. The predicted octanol–water partition coefficient (Wildman–Crippen LogP) is 0.182. The second kappa shape index (κ2) is 5.18. The zero-order valence-electron chi connectivity index (χ0n) is 11.1. The fourth-order valence-corrected chi connectivity index (χ4v) is 2.55. The lowest BCUT2D eigenvalue weighted by Gasteiger charge is -2.32. The highest BCUT2D eigenvalue weighted by Crippen LogP contribution is 2.33. The maximum atomic E-state index is 11.5. The molecule has 1 fully saturated rings. The maximum absolute atomic E-state index is 11.5. The molecule has 0 aliphatic carbocycles. The Morgan fingerprint density at radius 3 is 2.58 bits per heavy atom. The summed E-state index contributed by atoms with van der Waals surface area (Å²) in [7, 11) is -3.24. The number of aromatic nitrogens is 2. The van der Waals surface area contributed by atoms with Crippen molar-refractivity contribution in [3.63, 3.8) is 0 Å². The lowest BCUT2D eigenvalue weighted by molar-refractivity contribution is 0.0409. The van der Waals surface area contributed by atoms with Crippen LogP contribution >= 0.6 is 0 Å². The van der Waals surface area contributed by atoms with Crippen molar-refractivity contribution < 1.29 is 17.7 Å². The van der Waals surface area contributed by atoms with Gasteiger partial charge in [0.05, 0.1) is 5.41 Å². The fourth-order valence-electron chi connectivity index (χ4n) is 2.07. The van der Waals surface area contributed by atoms with Crippen LogP contribution in [0.1, 0.15) is 36.7 Å². The van der Waals surface area contributed by atoms with Gasteiger partial charge in [0.1, 0.15) is 5.25 Å². The Bertz CT molecular complexity index is 534. The second-order valence-corrected chi connectivity index (χ2v) is 7.39. The van der Waals surface area contributed by atoms with Crippen LogP contribution in [-0.2, 0) is 20.0 Å². The third-order valence-electron chi connectivity index (χ3n) is 3.74. The fraction of sp³-hybridized carbons (Fsp3) is 0.818. The van der Waals surface area contributed by atoms with Crippen LogP contribution in [0, 0.1) is 0 Å². The molecule has 1 saturated heterocycles. The summed E-state index contributed by atoms with van der Waals surface area (Å²) >= 11 is 0. The molecule has 0 spiro atoms. The molecule has 7 nitrogen and oxygen atoms in total. The van der Waals surface area contributed by atoms with Crippen molar-refractivity contribution in [3.05, 3.63) is 11.7 Å². The van der Waals surface area contributed by atoms with Gasteiger partial charge >= 0.3 is 0 Å². The predicted molar refractivity (Wildman–Crippen MR) is 68.3 cm³/mol. The van der Waals surface area contributed by atoms with Crippen molar-refractivity contribution in [1.29, 1.82) is 0 Å². The van der Waals surface area contributed by atoms with Crippen molar-refractivity contribution in [2.75, 3.05) is 26.0 Å². The highest BCUT2D eigenvalue weighted by Gasteiger charge is 2.39. The normalized spacial score (nSPS) is 21.2. The van der Waals surface area contributed by atoms with Crippen molar-refractivity contribution >= 4 is 9.84 Å². The first-order chi connectivity index (χ1) is 8.89. The molecule has 19 heavy (non-hydrogen) atoms. The van der Waals surface area contributed by atoms with E-state index in [2.05, 4.69) is 10.1 Å². The van der Waals surface area contributed by atoms with E-state index in [0.717, 1.165) is 6.26 Å². The minimum absolute atomic E-state index is 0.191. The van der Waals surface area contributed by atoms with Gasteiger partial charge in [0, 0.05) is 26.0 Å². The van der Waals surface area contributed by atoms with E-state index < -0.39 is 15.1 Å². The van der Waals surface area contributed by atoms with E-state index in [1.807, 2.05) is 0 Å². The minimum atomic E-state index is -3.24. The van der Waals surface area contributed by atoms with E-state index in [9.17, 15) is 8.42 Å². The van der Waals surface area contributed by atoms with E-state index in [1.54, 1.807) is 6.92 Å². The van der Waals surface area contributed by atoms with Gasteiger partial charge in [0.25, 0.3) is 0 Å². The second-order valence-electron chi connectivity index (χ2n) is 5.03. The third kappa shape index (κ3) is 2.80. The molecule has 1 aromatic rings. The first-order valence-corrected chi connectivity index (χ1v) is 8.15. The molecule has 8 heteroatoms. The van der Waals surface area contributed by atoms with Crippen LogP contribution in [0.2, 0.25) is 0 Å². The molecule has 0 radical (unpaired) electrons. The molecule has 2 heterocycles. The van der Waals surface area contributed by atoms with Crippen LogP contribution in [-0.4, -0.2) is 44.6 Å². The van der Waals surface area contributed by atoms with Crippen molar-refractivity contribution in [2.45, 2.75) is 30.4 Å². The molecule has 0 aromatic carbocycles. The zero-order chi connectivity index (χ0) is 14.1. The molecular weight excluding hydrogens is 270 g/mol. The average Bonchev–Trinajstić information content (AvgIpc) is 2.87. The van der Waals surface area contributed by atoms with E-state index in [4.69, 9.17) is 15.0 Å². The summed E-state index contributed by atoms with van der Waals surface area (Å²) in [4.78, 5) is 4.25. The topological polar surface area (TPSA) is 108 Å². The standard InChI is InChI=1S/C11H19N3O4S/c1-8(19(2,15)16)9-13-10(18-14-9)11(7-12)3-5-17-6-4-11/h8H,3-7,12H2,1-2H3. The number of ether oxygens (including phenoxy) is 1. The summed E-state index contributed by atoms with van der Waals surface area (Å²) in [6.45, 7) is 3.11. The van der Waals surface area contributed by atoms with E-state index >= 15 is 0 Å². The summed E-state index contributed by atoms with van der Waals surface area (Å²) in [5, 5.41) is 3.01. The Kier molecular flexibility index (Phi) is 3.93. The van der Waals surface area contributed by atoms with Gasteiger partial charge in [-0.25, -0.2) is 8.42 Å². The van der Waals surface area contributed by atoms with Crippen molar-refractivity contribution in [2.24, 2.45) is 5.73 Å². The van der Waals surface area contributed by atoms with E-state index in [1.165, 1.54) is 0 Å². The molecule has 1 unspecified atom stereocenters.